The molecule has 0 saturated heterocycles. The van der Waals surface area contributed by atoms with Gasteiger partial charge in [0.1, 0.15) is 12.4 Å². The van der Waals surface area contributed by atoms with Crippen LogP contribution in [0.1, 0.15) is 11.1 Å². The van der Waals surface area contributed by atoms with Crippen molar-refractivity contribution < 1.29 is 44.2 Å². The number of benzene rings is 1. The molecule has 0 unspecified atom stereocenters. The molecule has 70 valence electrons. The number of aryl methyl sites for hydroxylation is 2. The van der Waals surface area contributed by atoms with Gasteiger partial charge >= 0.3 is 29.6 Å². The van der Waals surface area contributed by atoms with Crippen LogP contribution in [0.2, 0.25) is 0 Å². The Morgan fingerprint density at radius 2 is 2.00 bits per heavy atom. The summed E-state index contributed by atoms with van der Waals surface area (Å²) in [4.78, 5) is 10.1. The zero-order valence-corrected chi connectivity index (χ0v) is 10.7. The van der Waals surface area contributed by atoms with Gasteiger partial charge in [-0.15, -0.1) is 0 Å². The van der Waals surface area contributed by atoms with Gasteiger partial charge in [-0.05, 0) is 37.1 Å². The minimum Gasteiger partial charge on any atom is -0.546 e. The number of carbonyl (C=O) groups excluding carboxylic acids is 1. The Bertz CT molecular complexity index is 323. The molecule has 0 fully saturated rings. The summed E-state index contributed by atoms with van der Waals surface area (Å²) in [5.74, 6) is -0.648. The quantitative estimate of drug-likeness (QED) is 0.506. The first-order valence-corrected chi connectivity index (χ1v) is 3.99. The molecule has 0 aliphatic carbocycles. The van der Waals surface area contributed by atoms with Crippen LogP contribution in [0.25, 0.3) is 0 Å². The largest absolute Gasteiger partial charge is 1.00 e. The molecular weight excluding hydrogens is 191 g/mol. The molecule has 1 aromatic rings. The van der Waals surface area contributed by atoms with Gasteiger partial charge in [0.25, 0.3) is 0 Å². The molecule has 0 aromatic heterocycles. The smallest absolute Gasteiger partial charge is 0.546 e. The van der Waals surface area contributed by atoms with E-state index in [2.05, 4.69) is 0 Å². The minimum absolute atomic E-state index is 0. The minimum atomic E-state index is -1.21. The Morgan fingerprint density at radius 1 is 1.36 bits per heavy atom. The van der Waals surface area contributed by atoms with Crippen molar-refractivity contribution in [1.29, 1.82) is 0 Å². The normalized spacial score (nSPS) is 9.00. The van der Waals surface area contributed by atoms with Crippen LogP contribution in [0.15, 0.2) is 18.2 Å². The number of rotatable bonds is 3. The second-order valence-corrected chi connectivity index (χ2v) is 2.91. The summed E-state index contributed by atoms with van der Waals surface area (Å²) >= 11 is 0. The number of carboxylic acids is 1. The molecule has 0 aliphatic rings. The molecular formula is C10H11NaO3. The summed E-state index contributed by atoms with van der Waals surface area (Å²) in [7, 11) is 0. The van der Waals surface area contributed by atoms with E-state index in [0.717, 1.165) is 11.1 Å². The van der Waals surface area contributed by atoms with Gasteiger partial charge in [0.15, 0.2) is 0 Å². The van der Waals surface area contributed by atoms with Crippen LogP contribution < -0.4 is 39.4 Å². The Hall–Kier alpha value is -0.510. The molecule has 1 rings (SSSR count). The molecule has 0 N–H and O–H groups in total. The van der Waals surface area contributed by atoms with Crippen molar-refractivity contribution in [1.82, 2.24) is 0 Å². The van der Waals surface area contributed by atoms with Crippen LogP contribution in [-0.4, -0.2) is 12.6 Å². The molecule has 0 radical (unpaired) electrons. The Balaban J connectivity index is 0.00000169. The van der Waals surface area contributed by atoms with Crippen LogP contribution in [0.5, 0.6) is 5.75 Å². The molecule has 0 amide bonds. The molecule has 4 heteroatoms. The summed E-state index contributed by atoms with van der Waals surface area (Å²) in [6, 6.07) is 5.43. The first-order valence-electron chi connectivity index (χ1n) is 3.99. The topological polar surface area (TPSA) is 49.4 Å². The predicted octanol–water partition coefficient (Wildman–Crippen LogP) is -2.56. The van der Waals surface area contributed by atoms with Gasteiger partial charge in [0, 0.05) is 0 Å². The average Bonchev–Trinajstić information content (AvgIpc) is 2.07. The first-order chi connectivity index (χ1) is 6.09. The van der Waals surface area contributed by atoms with Gasteiger partial charge in [-0.3, -0.25) is 0 Å². The monoisotopic (exact) mass is 202 g/mol. The maximum Gasteiger partial charge on any atom is 1.00 e. The Kier molecular flexibility index (Phi) is 5.84. The van der Waals surface area contributed by atoms with Crippen LogP contribution >= 0.6 is 0 Å². The van der Waals surface area contributed by atoms with Gasteiger partial charge in [0.05, 0.1) is 5.97 Å². The molecule has 0 saturated carbocycles. The number of carboxylic acid groups (broad SMARTS) is 1. The maximum atomic E-state index is 10.1. The zero-order valence-electron chi connectivity index (χ0n) is 8.66. The van der Waals surface area contributed by atoms with Crippen molar-refractivity contribution >= 4 is 5.97 Å². The predicted molar refractivity (Wildman–Crippen MR) is 46.4 cm³/mol. The molecule has 0 aliphatic heterocycles. The summed E-state index contributed by atoms with van der Waals surface area (Å²) in [6.45, 7) is 3.53. The molecule has 1 aromatic carbocycles. The fraction of sp³-hybridized carbons (Fsp3) is 0.300. The van der Waals surface area contributed by atoms with Crippen LogP contribution in [0.4, 0.5) is 0 Å². The van der Waals surface area contributed by atoms with Gasteiger partial charge in [0.2, 0.25) is 0 Å². The van der Waals surface area contributed by atoms with E-state index in [1.165, 1.54) is 0 Å². The van der Waals surface area contributed by atoms with Crippen LogP contribution in [0, 0.1) is 13.8 Å². The van der Waals surface area contributed by atoms with Crippen molar-refractivity contribution in [3.05, 3.63) is 29.3 Å². The van der Waals surface area contributed by atoms with Crippen LogP contribution in [0.3, 0.4) is 0 Å². The van der Waals surface area contributed by atoms with E-state index in [4.69, 9.17) is 4.74 Å². The van der Waals surface area contributed by atoms with E-state index >= 15 is 0 Å². The molecule has 0 heterocycles. The molecule has 0 atom stereocenters. The molecule has 14 heavy (non-hydrogen) atoms. The number of hydrogen-bond acceptors (Lipinski definition) is 3. The van der Waals surface area contributed by atoms with E-state index in [1.54, 1.807) is 12.1 Å². The van der Waals surface area contributed by atoms with Crippen molar-refractivity contribution in [2.75, 3.05) is 6.61 Å². The second kappa shape index (κ2) is 6.06. The van der Waals surface area contributed by atoms with E-state index in [9.17, 15) is 9.90 Å². The summed E-state index contributed by atoms with van der Waals surface area (Å²) in [5, 5.41) is 10.1. The summed E-state index contributed by atoms with van der Waals surface area (Å²) < 4.78 is 4.94. The van der Waals surface area contributed by atoms with Crippen molar-refractivity contribution in [2.24, 2.45) is 0 Å². The fourth-order valence-corrected chi connectivity index (χ4v) is 0.946. The van der Waals surface area contributed by atoms with E-state index in [0.29, 0.717) is 5.75 Å². The zero-order chi connectivity index (χ0) is 9.84. The maximum absolute atomic E-state index is 10.1. The number of aliphatic carboxylic acids is 1. The SMILES string of the molecule is Cc1ccc(OCC(=O)[O-])cc1C.[Na+]. The third-order valence-corrected chi connectivity index (χ3v) is 1.84. The molecule has 3 nitrogen and oxygen atoms in total. The standard InChI is InChI=1S/C10H12O3.Na/c1-7-3-4-9(5-8(7)2)13-6-10(11)12;/h3-5H,6H2,1-2H3,(H,11,12);/q;+1/p-1. The molecule has 0 spiro atoms. The average molecular weight is 202 g/mol. The van der Waals surface area contributed by atoms with Gasteiger partial charge in [-0.25, -0.2) is 0 Å². The van der Waals surface area contributed by atoms with E-state index < -0.39 is 12.6 Å². The van der Waals surface area contributed by atoms with Crippen LogP contribution in [-0.2, 0) is 4.79 Å². The first kappa shape index (κ1) is 13.5. The number of ether oxygens (including phenoxy) is 1. The van der Waals surface area contributed by atoms with Crippen molar-refractivity contribution in [3.63, 3.8) is 0 Å². The number of carbonyl (C=O) groups is 1. The molecule has 0 bridgehead atoms. The second-order valence-electron chi connectivity index (χ2n) is 2.91. The van der Waals surface area contributed by atoms with E-state index in [-0.39, 0.29) is 29.6 Å². The van der Waals surface area contributed by atoms with Gasteiger partial charge in [-0.2, -0.15) is 0 Å². The third-order valence-electron chi connectivity index (χ3n) is 1.84. The van der Waals surface area contributed by atoms with Gasteiger partial charge in [-0.1, -0.05) is 6.07 Å². The number of hydrogen-bond donors (Lipinski definition) is 0. The third kappa shape index (κ3) is 4.13. The summed E-state index contributed by atoms with van der Waals surface area (Å²) in [5.41, 5.74) is 2.23. The Labute approximate surface area is 105 Å². The van der Waals surface area contributed by atoms with E-state index in [1.807, 2.05) is 19.9 Å². The van der Waals surface area contributed by atoms with Crippen molar-refractivity contribution in [2.45, 2.75) is 13.8 Å². The van der Waals surface area contributed by atoms with Crippen molar-refractivity contribution in [3.8, 4) is 5.75 Å². The Morgan fingerprint density at radius 3 is 2.50 bits per heavy atom. The fourth-order valence-electron chi connectivity index (χ4n) is 0.946. The van der Waals surface area contributed by atoms with Gasteiger partial charge < -0.3 is 14.6 Å². The summed E-state index contributed by atoms with van der Waals surface area (Å²) in [6.07, 6.45) is 0.